The molecule has 5 heteroatoms. The van der Waals surface area contributed by atoms with E-state index in [4.69, 9.17) is 0 Å². The van der Waals surface area contributed by atoms with E-state index < -0.39 is 6.10 Å². The molecule has 2 heterocycles. The number of likely N-dealkylation sites (N-methyl/N-ethyl adjacent to an activating group) is 1. The third-order valence-corrected chi connectivity index (χ3v) is 4.19. The van der Waals surface area contributed by atoms with Crippen LogP contribution in [0, 0.1) is 11.7 Å². The first-order valence-corrected chi connectivity index (χ1v) is 7.65. The summed E-state index contributed by atoms with van der Waals surface area (Å²) in [5, 5.41) is 10.4. The Morgan fingerprint density at radius 3 is 2.86 bits per heavy atom. The number of hydrogen-bond donors (Lipinski definition) is 1. The molecule has 1 aliphatic heterocycles. The minimum Gasteiger partial charge on any atom is -0.386 e. The fourth-order valence-corrected chi connectivity index (χ4v) is 3.09. The molecule has 1 aliphatic rings. The number of aromatic nitrogens is 1. The number of rotatable bonds is 6. The molecular weight excluding hydrogens is 269 g/mol. The Kier molecular flexibility index (Phi) is 5.67. The number of hydrogen-bond acceptors (Lipinski definition) is 4. The van der Waals surface area contributed by atoms with Gasteiger partial charge in [-0.05, 0) is 45.6 Å². The summed E-state index contributed by atoms with van der Waals surface area (Å²) >= 11 is 0. The van der Waals surface area contributed by atoms with E-state index in [9.17, 15) is 9.50 Å². The van der Waals surface area contributed by atoms with Crippen molar-refractivity contribution in [1.29, 1.82) is 0 Å². The van der Waals surface area contributed by atoms with E-state index in [1.54, 1.807) is 6.07 Å². The molecule has 1 fully saturated rings. The summed E-state index contributed by atoms with van der Waals surface area (Å²) in [4.78, 5) is 8.66. The fourth-order valence-electron chi connectivity index (χ4n) is 3.09. The van der Waals surface area contributed by atoms with Crippen molar-refractivity contribution >= 4 is 0 Å². The van der Waals surface area contributed by atoms with Crippen molar-refractivity contribution < 1.29 is 9.50 Å². The van der Waals surface area contributed by atoms with Crippen molar-refractivity contribution in [1.82, 2.24) is 14.8 Å². The van der Waals surface area contributed by atoms with Crippen molar-refractivity contribution in [3.8, 4) is 0 Å². The second kappa shape index (κ2) is 7.29. The molecule has 1 N–H and O–H groups in total. The summed E-state index contributed by atoms with van der Waals surface area (Å²) in [5.74, 6) is -0.296. The van der Waals surface area contributed by atoms with Crippen molar-refractivity contribution in [2.45, 2.75) is 31.9 Å². The van der Waals surface area contributed by atoms with Gasteiger partial charge in [-0.15, -0.1) is 0 Å². The van der Waals surface area contributed by atoms with Crippen LogP contribution in [0.15, 0.2) is 18.3 Å². The Morgan fingerprint density at radius 2 is 2.24 bits per heavy atom. The quantitative estimate of drug-likeness (QED) is 0.870. The van der Waals surface area contributed by atoms with Crippen molar-refractivity contribution in [3.63, 3.8) is 0 Å². The Morgan fingerprint density at radius 1 is 1.48 bits per heavy atom. The standard InChI is InChI=1S/C16H26FN3O/c1-12(16(21)15-7-6-13(17)9-18-15)10-20-8-4-5-14(20)11-19(2)3/h6-7,9,12,14,16,21H,4-5,8,10-11H2,1-3H3. The molecule has 118 valence electrons. The molecule has 1 aromatic rings. The fraction of sp³-hybridized carbons (Fsp3) is 0.688. The van der Waals surface area contributed by atoms with Gasteiger partial charge >= 0.3 is 0 Å². The smallest absolute Gasteiger partial charge is 0.141 e. The molecular formula is C16H26FN3O. The molecule has 0 aromatic carbocycles. The van der Waals surface area contributed by atoms with E-state index >= 15 is 0 Å². The van der Waals surface area contributed by atoms with Gasteiger partial charge in [-0.2, -0.15) is 0 Å². The lowest BCUT2D eigenvalue weighted by Gasteiger charge is -2.30. The summed E-state index contributed by atoms with van der Waals surface area (Å²) in [7, 11) is 4.19. The summed E-state index contributed by atoms with van der Waals surface area (Å²) < 4.78 is 12.9. The lowest BCUT2D eigenvalue weighted by Crippen LogP contribution is -2.40. The second-order valence-electron chi connectivity index (χ2n) is 6.38. The average molecular weight is 295 g/mol. The number of aliphatic hydroxyl groups excluding tert-OH is 1. The molecule has 21 heavy (non-hydrogen) atoms. The van der Waals surface area contributed by atoms with Gasteiger partial charge in [-0.1, -0.05) is 6.92 Å². The maximum Gasteiger partial charge on any atom is 0.141 e. The van der Waals surface area contributed by atoms with Gasteiger partial charge in [0.15, 0.2) is 0 Å². The number of pyridine rings is 1. The zero-order valence-corrected chi connectivity index (χ0v) is 13.2. The largest absolute Gasteiger partial charge is 0.386 e. The van der Waals surface area contributed by atoms with E-state index in [1.807, 2.05) is 6.92 Å². The first-order chi connectivity index (χ1) is 9.97. The van der Waals surface area contributed by atoms with Crippen LogP contribution in [0.3, 0.4) is 0 Å². The van der Waals surface area contributed by atoms with E-state index in [0.29, 0.717) is 11.7 Å². The minimum absolute atomic E-state index is 0.0747. The molecule has 0 saturated carbocycles. The monoisotopic (exact) mass is 295 g/mol. The van der Waals surface area contributed by atoms with E-state index in [1.165, 1.54) is 18.9 Å². The van der Waals surface area contributed by atoms with Crippen LogP contribution in [0.1, 0.15) is 31.6 Å². The topological polar surface area (TPSA) is 39.6 Å². The van der Waals surface area contributed by atoms with Crippen LogP contribution in [-0.2, 0) is 0 Å². The first-order valence-electron chi connectivity index (χ1n) is 7.65. The van der Waals surface area contributed by atoms with Gasteiger partial charge in [0.2, 0.25) is 0 Å². The van der Waals surface area contributed by atoms with Crippen molar-refractivity contribution in [2.75, 3.05) is 33.7 Å². The minimum atomic E-state index is -0.647. The predicted molar refractivity (Wildman–Crippen MR) is 81.5 cm³/mol. The normalized spacial score (nSPS) is 22.7. The highest BCUT2D eigenvalue weighted by molar-refractivity contribution is 5.09. The highest BCUT2D eigenvalue weighted by Gasteiger charge is 2.28. The first kappa shape index (κ1) is 16.3. The zero-order valence-electron chi connectivity index (χ0n) is 13.2. The summed E-state index contributed by atoms with van der Waals surface area (Å²) in [5.41, 5.74) is 0.548. The maximum absolute atomic E-state index is 12.9. The summed E-state index contributed by atoms with van der Waals surface area (Å²) in [6, 6.07) is 3.48. The van der Waals surface area contributed by atoms with Crippen LogP contribution in [0.4, 0.5) is 4.39 Å². The molecule has 1 aromatic heterocycles. The Hall–Kier alpha value is -1.04. The van der Waals surface area contributed by atoms with Gasteiger partial charge < -0.3 is 10.0 Å². The van der Waals surface area contributed by atoms with E-state index in [2.05, 4.69) is 28.9 Å². The highest BCUT2D eigenvalue weighted by Crippen LogP contribution is 2.25. The van der Waals surface area contributed by atoms with E-state index in [0.717, 1.165) is 25.8 Å². The van der Waals surface area contributed by atoms with Gasteiger partial charge in [-0.25, -0.2) is 4.39 Å². The van der Waals surface area contributed by atoms with Crippen molar-refractivity contribution in [3.05, 3.63) is 29.8 Å². The van der Waals surface area contributed by atoms with Crippen LogP contribution in [0.5, 0.6) is 0 Å². The van der Waals surface area contributed by atoms with Gasteiger partial charge in [0.1, 0.15) is 5.82 Å². The van der Waals surface area contributed by atoms with Gasteiger partial charge in [-0.3, -0.25) is 9.88 Å². The molecule has 4 nitrogen and oxygen atoms in total. The number of nitrogens with zero attached hydrogens (tertiary/aromatic N) is 3. The average Bonchev–Trinajstić information content (AvgIpc) is 2.85. The van der Waals surface area contributed by atoms with Crippen LogP contribution in [0.25, 0.3) is 0 Å². The molecule has 3 unspecified atom stereocenters. The molecule has 0 bridgehead atoms. The molecule has 0 spiro atoms. The lowest BCUT2D eigenvalue weighted by atomic mass is 10.0. The van der Waals surface area contributed by atoms with Crippen LogP contribution in [-0.4, -0.2) is 59.7 Å². The van der Waals surface area contributed by atoms with Crippen LogP contribution in [0.2, 0.25) is 0 Å². The number of halogens is 1. The molecule has 1 saturated heterocycles. The van der Waals surface area contributed by atoms with Crippen molar-refractivity contribution in [2.24, 2.45) is 5.92 Å². The van der Waals surface area contributed by atoms with Gasteiger partial charge in [0.25, 0.3) is 0 Å². The van der Waals surface area contributed by atoms with Gasteiger partial charge in [0.05, 0.1) is 18.0 Å². The third-order valence-electron chi connectivity index (χ3n) is 4.19. The summed E-state index contributed by atoms with van der Waals surface area (Å²) in [6.45, 7) is 5.02. The predicted octanol–water partition coefficient (Wildman–Crippen LogP) is 1.92. The highest BCUT2D eigenvalue weighted by atomic mass is 19.1. The van der Waals surface area contributed by atoms with Crippen LogP contribution >= 0.6 is 0 Å². The van der Waals surface area contributed by atoms with Crippen LogP contribution < -0.4 is 0 Å². The molecule has 2 rings (SSSR count). The molecule has 0 amide bonds. The van der Waals surface area contributed by atoms with E-state index in [-0.39, 0.29) is 11.7 Å². The molecule has 0 radical (unpaired) electrons. The molecule has 3 atom stereocenters. The van der Waals surface area contributed by atoms with Gasteiger partial charge in [0, 0.05) is 25.0 Å². The zero-order chi connectivity index (χ0) is 15.4. The SMILES string of the molecule is CC(CN1CCCC1CN(C)C)C(O)c1ccc(F)cn1. The lowest BCUT2D eigenvalue weighted by molar-refractivity contribution is 0.0772. The molecule has 0 aliphatic carbocycles. The maximum atomic E-state index is 12.9. The Labute approximate surface area is 126 Å². The number of likely N-dealkylation sites (tertiary alicyclic amines) is 1. The Bertz CT molecular complexity index is 438. The second-order valence-corrected chi connectivity index (χ2v) is 6.38. The summed E-state index contributed by atoms with van der Waals surface area (Å²) in [6.07, 6.45) is 2.95. The third kappa shape index (κ3) is 4.46. The Balaban J connectivity index is 1.93. The number of aliphatic hydroxyl groups is 1.